The zero-order valence-corrected chi connectivity index (χ0v) is 10.6. The summed E-state index contributed by atoms with van der Waals surface area (Å²) in [6.45, 7) is 2.01. The number of aryl methyl sites for hydroxylation is 1. The second-order valence-electron chi connectivity index (χ2n) is 4.47. The van der Waals surface area contributed by atoms with Crippen LogP contribution in [-0.4, -0.2) is 15.1 Å². The quantitative estimate of drug-likeness (QED) is 0.727. The van der Waals surface area contributed by atoms with Gasteiger partial charge >= 0.3 is 0 Å². The lowest BCUT2D eigenvalue weighted by molar-refractivity contribution is 0.475. The van der Waals surface area contributed by atoms with Crippen molar-refractivity contribution < 1.29 is 5.11 Å². The number of benzene rings is 2. The predicted molar refractivity (Wildman–Crippen MR) is 75.9 cm³/mol. The normalized spacial score (nSPS) is 10.6. The average molecular weight is 250 g/mol. The van der Waals surface area contributed by atoms with Crippen molar-refractivity contribution in [2.75, 3.05) is 0 Å². The van der Waals surface area contributed by atoms with E-state index < -0.39 is 0 Å². The molecule has 0 fully saturated rings. The zero-order chi connectivity index (χ0) is 13.2. The summed E-state index contributed by atoms with van der Waals surface area (Å²) in [6, 6.07) is 17.1. The SMILES string of the molecule is Cc1[nH]c(-c2ccc(O)cc2)nc1-c1ccccc1. The fourth-order valence-electron chi connectivity index (χ4n) is 2.09. The Bertz CT molecular complexity index is 685. The number of rotatable bonds is 2. The largest absolute Gasteiger partial charge is 0.508 e. The fourth-order valence-corrected chi connectivity index (χ4v) is 2.09. The molecule has 3 heteroatoms. The van der Waals surface area contributed by atoms with Crippen molar-refractivity contribution in [1.82, 2.24) is 9.97 Å². The van der Waals surface area contributed by atoms with E-state index in [4.69, 9.17) is 0 Å². The van der Waals surface area contributed by atoms with Gasteiger partial charge in [-0.2, -0.15) is 0 Å². The molecule has 0 saturated carbocycles. The van der Waals surface area contributed by atoms with Gasteiger partial charge in [0.15, 0.2) is 0 Å². The molecule has 2 aromatic carbocycles. The van der Waals surface area contributed by atoms with E-state index in [1.807, 2.05) is 49.4 Å². The first-order valence-electron chi connectivity index (χ1n) is 6.15. The zero-order valence-electron chi connectivity index (χ0n) is 10.6. The molecule has 0 bridgehead atoms. The summed E-state index contributed by atoms with van der Waals surface area (Å²) in [5, 5.41) is 9.31. The van der Waals surface area contributed by atoms with Crippen LogP contribution in [0.1, 0.15) is 5.69 Å². The lowest BCUT2D eigenvalue weighted by Crippen LogP contribution is -1.80. The van der Waals surface area contributed by atoms with Crippen LogP contribution in [0.15, 0.2) is 54.6 Å². The van der Waals surface area contributed by atoms with Crippen LogP contribution in [0, 0.1) is 6.92 Å². The number of aromatic hydroxyl groups is 1. The third-order valence-corrected chi connectivity index (χ3v) is 3.07. The van der Waals surface area contributed by atoms with Gasteiger partial charge < -0.3 is 10.1 Å². The van der Waals surface area contributed by atoms with E-state index in [0.29, 0.717) is 0 Å². The van der Waals surface area contributed by atoms with Crippen molar-refractivity contribution in [1.29, 1.82) is 0 Å². The van der Waals surface area contributed by atoms with Crippen LogP contribution in [-0.2, 0) is 0 Å². The Morgan fingerprint density at radius 3 is 2.26 bits per heavy atom. The molecule has 3 nitrogen and oxygen atoms in total. The molecule has 1 aromatic heterocycles. The number of H-pyrrole nitrogens is 1. The first kappa shape index (κ1) is 11.5. The molecule has 0 unspecified atom stereocenters. The molecule has 0 aliphatic rings. The van der Waals surface area contributed by atoms with E-state index >= 15 is 0 Å². The number of hydrogen-bond acceptors (Lipinski definition) is 2. The number of imidazole rings is 1. The minimum absolute atomic E-state index is 0.260. The molecule has 0 aliphatic heterocycles. The number of aromatic amines is 1. The maximum atomic E-state index is 9.31. The highest BCUT2D eigenvalue weighted by molar-refractivity contribution is 5.67. The topological polar surface area (TPSA) is 48.9 Å². The number of nitrogens with zero attached hydrogens (tertiary/aromatic N) is 1. The summed E-state index contributed by atoms with van der Waals surface area (Å²) in [4.78, 5) is 7.93. The van der Waals surface area contributed by atoms with E-state index in [0.717, 1.165) is 28.3 Å². The van der Waals surface area contributed by atoms with E-state index in [1.165, 1.54) is 0 Å². The molecule has 2 N–H and O–H groups in total. The molecular formula is C16H14N2O. The highest BCUT2D eigenvalue weighted by Crippen LogP contribution is 2.26. The van der Waals surface area contributed by atoms with Crippen LogP contribution in [0.3, 0.4) is 0 Å². The fraction of sp³-hybridized carbons (Fsp3) is 0.0625. The molecule has 0 amide bonds. The number of phenols is 1. The molecule has 19 heavy (non-hydrogen) atoms. The summed E-state index contributed by atoms with van der Waals surface area (Å²) in [7, 11) is 0. The van der Waals surface area contributed by atoms with Gasteiger partial charge in [0, 0.05) is 16.8 Å². The van der Waals surface area contributed by atoms with Crippen molar-refractivity contribution in [3.05, 3.63) is 60.3 Å². The van der Waals surface area contributed by atoms with Crippen molar-refractivity contribution in [3.63, 3.8) is 0 Å². The molecule has 3 aromatic rings. The molecule has 1 heterocycles. The minimum atomic E-state index is 0.260. The summed E-state index contributed by atoms with van der Waals surface area (Å²) in [5.41, 5.74) is 4.06. The van der Waals surface area contributed by atoms with E-state index in [9.17, 15) is 5.11 Å². The van der Waals surface area contributed by atoms with Gasteiger partial charge in [0.2, 0.25) is 0 Å². The van der Waals surface area contributed by atoms with Crippen LogP contribution in [0.4, 0.5) is 0 Å². The van der Waals surface area contributed by atoms with Gasteiger partial charge in [0.25, 0.3) is 0 Å². The number of hydrogen-bond donors (Lipinski definition) is 2. The molecule has 3 rings (SSSR count). The third kappa shape index (κ3) is 2.22. The molecule has 0 radical (unpaired) electrons. The summed E-state index contributed by atoms with van der Waals surface area (Å²) < 4.78 is 0. The molecule has 0 spiro atoms. The van der Waals surface area contributed by atoms with Crippen LogP contribution in [0.2, 0.25) is 0 Å². The van der Waals surface area contributed by atoms with Gasteiger partial charge in [0.05, 0.1) is 5.69 Å². The molecular weight excluding hydrogens is 236 g/mol. The van der Waals surface area contributed by atoms with Crippen molar-refractivity contribution in [2.45, 2.75) is 6.92 Å². The Balaban J connectivity index is 2.04. The third-order valence-electron chi connectivity index (χ3n) is 3.07. The first-order valence-corrected chi connectivity index (χ1v) is 6.15. The van der Waals surface area contributed by atoms with Crippen molar-refractivity contribution in [2.24, 2.45) is 0 Å². The predicted octanol–water partition coefficient (Wildman–Crippen LogP) is 3.76. The second-order valence-corrected chi connectivity index (χ2v) is 4.47. The Morgan fingerprint density at radius 1 is 0.895 bits per heavy atom. The van der Waals surface area contributed by atoms with Crippen LogP contribution in [0.5, 0.6) is 5.75 Å². The van der Waals surface area contributed by atoms with Gasteiger partial charge in [-0.25, -0.2) is 4.98 Å². The van der Waals surface area contributed by atoms with Crippen LogP contribution < -0.4 is 0 Å². The summed E-state index contributed by atoms with van der Waals surface area (Å²) >= 11 is 0. The molecule has 0 aliphatic carbocycles. The number of aromatic nitrogens is 2. The Labute approximate surface area is 111 Å². The smallest absolute Gasteiger partial charge is 0.138 e. The minimum Gasteiger partial charge on any atom is -0.508 e. The van der Waals surface area contributed by atoms with Gasteiger partial charge in [-0.3, -0.25) is 0 Å². The maximum absolute atomic E-state index is 9.31. The number of nitrogens with one attached hydrogen (secondary N) is 1. The van der Waals surface area contributed by atoms with Gasteiger partial charge in [-0.1, -0.05) is 30.3 Å². The molecule has 94 valence electrons. The molecule has 0 saturated heterocycles. The van der Waals surface area contributed by atoms with Gasteiger partial charge in [-0.05, 0) is 31.2 Å². The van der Waals surface area contributed by atoms with Crippen LogP contribution >= 0.6 is 0 Å². The highest BCUT2D eigenvalue weighted by Gasteiger charge is 2.09. The number of phenolic OH excluding ortho intramolecular Hbond substituents is 1. The van der Waals surface area contributed by atoms with Gasteiger partial charge in [0.1, 0.15) is 11.6 Å². The average Bonchev–Trinajstić information content (AvgIpc) is 2.83. The second kappa shape index (κ2) is 4.61. The lowest BCUT2D eigenvalue weighted by Gasteiger charge is -1.97. The van der Waals surface area contributed by atoms with E-state index in [2.05, 4.69) is 9.97 Å². The Morgan fingerprint density at radius 2 is 1.58 bits per heavy atom. The highest BCUT2D eigenvalue weighted by atomic mass is 16.3. The Hall–Kier alpha value is -2.55. The standard InChI is InChI=1S/C16H14N2O/c1-11-15(12-5-3-2-4-6-12)18-16(17-11)13-7-9-14(19)10-8-13/h2-10,19H,1H3,(H,17,18). The maximum Gasteiger partial charge on any atom is 0.138 e. The molecule has 0 atom stereocenters. The lowest BCUT2D eigenvalue weighted by atomic mass is 10.1. The monoisotopic (exact) mass is 250 g/mol. The van der Waals surface area contributed by atoms with Crippen LogP contribution in [0.25, 0.3) is 22.6 Å². The summed E-state index contributed by atoms with van der Waals surface area (Å²) in [5.74, 6) is 1.08. The summed E-state index contributed by atoms with van der Waals surface area (Å²) in [6.07, 6.45) is 0. The van der Waals surface area contributed by atoms with Gasteiger partial charge in [-0.15, -0.1) is 0 Å². The van der Waals surface area contributed by atoms with Crippen molar-refractivity contribution >= 4 is 0 Å². The Kier molecular flexibility index (Phi) is 2.80. The van der Waals surface area contributed by atoms with Crippen molar-refractivity contribution in [3.8, 4) is 28.4 Å². The first-order chi connectivity index (χ1) is 9.24. The van der Waals surface area contributed by atoms with E-state index in [1.54, 1.807) is 12.1 Å². The van der Waals surface area contributed by atoms with E-state index in [-0.39, 0.29) is 5.75 Å².